The van der Waals surface area contributed by atoms with E-state index in [1.807, 2.05) is 0 Å². The van der Waals surface area contributed by atoms with Crippen molar-refractivity contribution in [2.45, 2.75) is 43.2 Å². The molecule has 152 valence electrons. The van der Waals surface area contributed by atoms with Crippen LogP contribution in [-0.2, 0) is 14.3 Å². The molecule has 0 bridgehead atoms. The first-order chi connectivity index (χ1) is 12.7. The predicted molar refractivity (Wildman–Crippen MR) is 92.4 cm³/mol. The van der Waals surface area contributed by atoms with E-state index in [-0.39, 0.29) is 17.4 Å². The van der Waals surface area contributed by atoms with Crippen LogP contribution in [0.5, 0.6) is 5.75 Å². The molecule has 0 aromatic heterocycles. The normalized spacial score (nSPS) is 29.2. The molecule has 1 unspecified atom stereocenters. The van der Waals surface area contributed by atoms with Gasteiger partial charge in [0.15, 0.2) is 0 Å². The standard InChI is InChI=1S/C16H20Cl2O9/c17-7-1-2-10(9(18)3-7)25-6-8(20)4-12(21)27-16-15(24)14(23)13(22)11(5-19)26-16/h1-3,8,11,13-16,19-20,22-24H,4-6H2/t8?,11-,13-,14+,15-,16-/m1/s1. The highest BCUT2D eigenvalue weighted by Gasteiger charge is 2.45. The summed E-state index contributed by atoms with van der Waals surface area (Å²) in [5.74, 6) is -0.681. The molecule has 1 aliphatic rings. The summed E-state index contributed by atoms with van der Waals surface area (Å²) in [6.45, 7) is -0.928. The van der Waals surface area contributed by atoms with Crippen LogP contribution >= 0.6 is 23.2 Å². The Labute approximate surface area is 164 Å². The van der Waals surface area contributed by atoms with Crippen LogP contribution in [0.15, 0.2) is 18.2 Å². The molecule has 6 atom stereocenters. The molecular formula is C16H20Cl2O9. The van der Waals surface area contributed by atoms with Gasteiger partial charge in [-0.3, -0.25) is 4.79 Å². The van der Waals surface area contributed by atoms with Crippen LogP contribution in [-0.4, -0.2) is 81.5 Å². The molecule has 11 heteroatoms. The van der Waals surface area contributed by atoms with Crippen LogP contribution in [0.25, 0.3) is 0 Å². The summed E-state index contributed by atoms with van der Waals surface area (Å²) in [6.07, 6.45) is -9.52. The van der Waals surface area contributed by atoms with Gasteiger partial charge in [0.2, 0.25) is 6.29 Å². The first kappa shape index (κ1) is 22.1. The lowest BCUT2D eigenvalue weighted by molar-refractivity contribution is -0.293. The highest BCUT2D eigenvalue weighted by molar-refractivity contribution is 6.35. The Bertz CT molecular complexity index is 642. The first-order valence-corrected chi connectivity index (χ1v) is 8.74. The van der Waals surface area contributed by atoms with Gasteiger partial charge in [-0.25, -0.2) is 0 Å². The minimum atomic E-state index is -1.71. The summed E-state index contributed by atoms with van der Waals surface area (Å²) in [5, 5.41) is 48.7. The summed E-state index contributed by atoms with van der Waals surface area (Å²) >= 11 is 11.7. The zero-order valence-corrected chi connectivity index (χ0v) is 15.5. The molecule has 2 rings (SSSR count). The zero-order chi connectivity index (χ0) is 20.1. The molecule has 0 radical (unpaired) electrons. The van der Waals surface area contributed by atoms with Crippen molar-refractivity contribution in [1.29, 1.82) is 0 Å². The van der Waals surface area contributed by atoms with Gasteiger partial charge in [-0.1, -0.05) is 23.2 Å². The fourth-order valence-corrected chi connectivity index (χ4v) is 2.83. The van der Waals surface area contributed by atoms with E-state index in [0.717, 1.165) is 0 Å². The molecule has 9 nitrogen and oxygen atoms in total. The molecule has 0 saturated carbocycles. The molecule has 0 aliphatic carbocycles. The SMILES string of the molecule is O=C(CC(O)COc1ccc(Cl)cc1Cl)O[C@H]1O[C@H](CO)[C@@H](O)[C@H](O)[C@H]1O. The van der Waals surface area contributed by atoms with Gasteiger partial charge in [0.05, 0.1) is 24.2 Å². The molecule has 27 heavy (non-hydrogen) atoms. The van der Waals surface area contributed by atoms with Crippen molar-refractivity contribution in [2.24, 2.45) is 0 Å². The third-order valence-corrected chi connectivity index (χ3v) is 4.35. The maximum atomic E-state index is 11.9. The lowest BCUT2D eigenvalue weighted by atomic mass is 9.99. The van der Waals surface area contributed by atoms with Crippen molar-refractivity contribution >= 4 is 29.2 Å². The number of carbonyl (C=O) groups is 1. The monoisotopic (exact) mass is 426 g/mol. The number of esters is 1. The van der Waals surface area contributed by atoms with Gasteiger partial charge >= 0.3 is 5.97 Å². The van der Waals surface area contributed by atoms with Crippen molar-refractivity contribution < 1.29 is 44.5 Å². The summed E-state index contributed by atoms with van der Waals surface area (Å²) < 4.78 is 15.2. The van der Waals surface area contributed by atoms with E-state index in [0.29, 0.717) is 5.02 Å². The van der Waals surface area contributed by atoms with Gasteiger partial charge in [0.25, 0.3) is 0 Å². The van der Waals surface area contributed by atoms with Crippen molar-refractivity contribution in [3.8, 4) is 5.75 Å². The summed E-state index contributed by atoms with van der Waals surface area (Å²) in [7, 11) is 0. The van der Waals surface area contributed by atoms with Crippen molar-refractivity contribution in [2.75, 3.05) is 13.2 Å². The first-order valence-electron chi connectivity index (χ1n) is 7.98. The number of carbonyl (C=O) groups excluding carboxylic acids is 1. The number of benzene rings is 1. The van der Waals surface area contributed by atoms with Crippen molar-refractivity contribution in [3.63, 3.8) is 0 Å². The Hall–Kier alpha value is -1.17. The number of aliphatic hydroxyl groups excluding tert-OH is 5. The minimum absolute atomic E-state index is 0.235. The molecule has 1 aliphatic heterocycles. The van der Waals surface area contributed by atoms with Crippen molar-refractivity contribution in [1.82, 2.24) is 0 Å². The molecule has 1 aromatic carbocycles. The molecule has 0 amide bonds. The summed E-state index contributed by atoms with van der Waals surface area (Å²) in [5.41, 5.74) is 0. The highest BCUT2D eigenvalue weighted by Crippen LogP contribution is 2.27. The Morgan fingerprint density at radius 1 is 1.19 bits per heavy atom. The Balaban J connectivity index is 1.83. The maximum Gasteiger partial charge on any atom is 0.310 e. The quantitative estimate of drug-likeness (QED) is 0.363. The number of hydrogen-bond donors (Lipinski definition) is 5. The van der Waals surface area contributed by atoms with Gasteiger partial charge in [-0.05, 0) is 18.2 Å². The van der Waals surface area contributed by atoms with E-state index in [4.69, 9.17) is 42.5 Å². The number of rotatable bonds is 7. The van der Waals surface area contributed by atoms with Gasteiger partial charge in [0, 0.05) is 5.02 Å². The predicted octanol–water partition coefficient (Wildman–Crippen LogP) is -0.534. The minimum Gasteiger partial charge on any atom is -0.489 e. The maximum absolute atomic E-state index is 11.9. The van der Waals surface area contributed by atoms with Gasteiger partial charge in [-0.2, -0.15) is 0 Å². The topological polar surface area (TPSA) is 146 Å². The number of aliphatic hydroxyl groups is 5. The fourth-order valence-electron chi connectivity index (χ4n) is 2.37. The molecule has 1 fully saturated rings. The van der Waals surface area contributed by atoms with Gasteiger partial charge in [0.1, 0.15) is 36.8 Å². The smallest absolute Gasteiger partial charge is 0.310 e. The van der Waals surface area contributed by atoms with Crippen LogP contribution in [0.4, 0.5) is 0 Å². The highest BCUT2D eigenvalue weighted by atomic mass is 35.5. The lowest BCUT2D eigenvalue weighted by Gasteiger charge is -2.39. The molecule has 0 spiro atoms. The number of halogens is 2. The average molecular weight is 427 g/mol. The van der Waals surface area contributed by atoms with E-state index in [1.165, 1.54) is 12.1 Å². The Kier molecular flexibility index (Phi) is 8.07. The van der Waals surface area contributed by atoms with Crippen LogP contribution < -0.4 is 4.74 Å². The fraction of sp³-hybridized carbons (Fsp3) is 0.562. The molecule has 1 aromatic rings. The van der Waals surface area contributed by atoms with Crippen LogP contribution in [0.3, 0.4) is 0 Å². The molecule has 5 N–H and O–H groups in total. The van der Waals surface area contributed by atoms with Crippen LogP contribution in [0.1, 0.15) is 6.42 Å². The van der Waals surface area contributed by atoms with Crippen LogP contribution in [0.2, 0.25) is 10.0 Å². The van der Waals surface area contributed by atoms with E-state index >= 15 is 0 Å². The Morgan fingerprint density at radius 2 is 1.89 bits per heavy atom. The number of ether oxygens (including phenoxy) is 3. The van der Waals surface area contributed by atoms with E-state index in [1.54, 1.807) is 6.07 Å². The lowest BCUT2D eigenvalue weighted by Crippen LogP contribution is -2.59. The van der Waals surface area contributed by atoms with Crippen LogP contribution in [0, 0.1) is 0 Å². The second-order valence-electron chi connectivity index (χ2n) is 5.93. The molecule has 1 heterocycles. The van der Waals surface area contributed by atoms with E-state index in [2.05, 4.69) is 0 Å². The average Bonchev–Trinajstić information content (AvgIpc) is 2.61. The summed E-state index contributed by atoms with van der Waals surface area (Å²) in [6, 6.07) is 4.50. The third kappa shape index (κ3) is 5.90. The Morgan fingerprint density at radius 3 is 2.52 bits per heavy atom. The largest absolute Gasteiger partial charge is 0.489 e. The third-order valence-electron chi connectivity index (χ3n) is 3.82. The van der Waals surface area contributed by atoms with Crippen molar-refractivity contribution in [3.05, 3.63) is 28.2 Å². The van der Waals surface area contributed by atoms with Gasteiger partial charge in [-0.15, -0.1) is 0 Å². The molecular weight excluding hydrogens is 407 g/mol. The van der Waals surface area contributed by atoms with E-state index in [9.17, 15) is 25.2 Å². The second-order valence-corrected chi connectivity index (χ2v) is 6.77. The number of hydrogen-bond acceptors (Lipinski definition) is 9. The summed E-state index contributed by atoms with van der Waals surface area (Å²) in [4.78, 5) is 11.9. The molecule has 1 saturated heterocycles. The van der Waals surface area contributed by atoms with Gasteiger partial charge < -0.3 is 39.7 Å². The second kappa shape index (κ2) is 9.85. The van der Waals surface area contributed by atoms with E-state index < -0.39 is 55.8 Å². The zero-order valence-electron chi connectivity index (χ0n) is 13.9.